The molecule has 3 aromatic rings. The third-order valence-corrected chi connectivity index (χ3v) is 5.30. The van der Waals surface area contributed by atoms with Gasteiger partial charge in [0.1, 0.15) is 12.1 Å². The van der Waals surface area contributed by atoms with Crippen LogP contribution in [0.5, 0.6) is 0 Å². The highest BCUT2D eigenvalue weighted by atomic mass is 35.5. The lowest BCUT2D eigenvalue weighted by atomic mass is 9.84. The molecular formula is C18H20ClN5O. The molecule has 0 radical (unpaired) electrons. The maximum Gasteiger partial charge on any atom is 0.163 e. The number of aromatic nitrogens is 4. The van der Waals surface area contributed by atoms with Crippen LogP contribution in [0.3, 0.4) is 0 Å². The van der Waals surface area contributed by atoms with Crippen molar-refractivity contribution >= 4 is 28.5 Å². The van der Waals surface area contributed by atoms with Crippen molar-refractivity contribution < 1.29 is 5.11 Å². The van der Waals surface area contributed by atoms with Gasteiger partial charge in [0, 0.05) is 25.2 Å². The Bertz CT molecular complexity index is 913. The third-order valence-electron chi connectivity index (χ3n) is 5.05. The first kappa shape index (κ1) is 16.3. The number of fused-ring (bicyclic) bond motifs is 1. The van der Waals surface area contributed by atoms with Crippen molar-refractivity contribution in [2.45, 2.75) is 25.4 Å². The van der Waals surface area contributed by atoms with Crippen molar-refractivity contribution in [1.29, 1.82) is 0 Å². The minimum atomic E-state index is -0.822. The van der Waals surface area contributed by atoms with Gasteiger partial charge in [-0.05, 0) is 37.5 Å². The second-order valence-corrected chi connectivity index (χ2v) is 7.07. The predicted octanol–water partition coefficient (Wildman–Crippen LogP) is 2.81. The topological polar surface area (TPSA) is 67.1 Å². The maximum atomic E-state index is 11.1. The minimum Gasteiger partial charge on any atom is -0.385 e. The van der Waals surface area contributed by atoms with Gasteiger partial charge in [-0.1, -0.05) is 23.7 Å². The Morgan fingerprint density at radius 2 is 1.80 bits per heavy atom. The number of aryl methyl sites for hydroxylation is 2. The zero-order valence-corrected chi connectivity index (χ0v) is 15.0. The van der Waals surface area contributed by atoms with Crippen LogP contribution in [0.25, 0.3) is 11.0 Å². The molecule has 0 atom stereocenters. The highest BCUT2D eigenvalue weighted by Crippen LogP contribution is 2.36. The van der Waals surface area contributed by atoms with Crippen LogP contribution in [0.2, 0.25) is 5.02 Å². The molecule has 2 aromatic heterocycles. The Morgan fingerprint density at radius 3 is 2.48 bits per heavy atom. The zero-order valence-electron chi connectivity index (χ0n) is 14.3. The van der Waals surface area contributed by atoms with Crippen molar-refractivity contribution in [2.75, 3.05) is 18.0 Å². The molecule has 0 saturated carbocycles. The van der Waals surface area contributed by atoms with Crippen molar-refractivity contribution in [3.05, 3.63) is 46.9 Å². The van der Waals surface area contributed by atoms with E-state index in [2.05, 4.69) is 20.0 Å². The van der Waals surface area contributed by atoms with Crippen LogP contribution >= 0.6 is 11.6 Å². The van der Waals surface area contributed by atoms with E-state index in [4.69, 9.17) is 11.6 Å². The van der Waals surface area contributed by atoms with Crippen molar-refractivity contribution in [1.82, 2.24) is 19.7 Å². The number of nitrogens with zero attached hydrogens (tertiary/aromatic N) is 5. The molecule has 6 nitrogen and oxygen atoms in total. The Balaban J connectivity index is 1.61. The van der Waals surface area contributed by atoms with E-state index in [0.717, 1.165) is 41.2 Å². The van der Waals surface area contributed by atoms with Crippen LogP contribution in [0, 0.1) is 6.92 Å². The normalized spacial score (nSPS) is 17.2. The summed E-state index contributed by atoms with van der Waals surface area (Å²) in [5.41, 5.74) is 1.85. The Hall–Kier alpha value is -2.18. The second-order valence-electron chi connectivity index (χ2n) is 6.63. The first-order chi connectivity index (χ1) is 12.0. The van der Waals surface area contributed by atoms with Crippen molar-refractivity contribution in [3.63, 3.8) is 0 Å². The molecule has 1 aromatic carbocycles. The molecule has 3 heterocycles. The fraction of sp³-hybridized carbons (Fsp3) is 0.389. The summed E-state index contributed by atoms with van der Waals surface area (Å²) in [6.07, 6.45) is 2.86. The average molecular weight is 358 g/mol. The van der Waals surface area contributed by atoms with Gasteiger partial charge in [0.2, 0.25) is 0 Å². The van der Waals surface area contributed by atoms with E-state index in [1.807, 2.05) is 38.2 Å². The second kappa shape index (κ2) is 5.97. The quantitative estimate of drug-likeness (QED) is 0.763. The minimum absolute atomic E-state index is 0.638. The van der Waals surface area contributed by atoms with E-state index in [-0.39, 0.29) is 0 Å². The molecule has 0 spiro atoms. The smallest absolute Gasteiger partial charge is 0.163 e. The summed E-state index contributed by atoms with van der Waals surface area (Å²) in [6, 6.07) is 7.47. The van der Waals surface area contributed by atoms with Crippen LogP contribution in [-0.4, -0.2) is 37.9 Å². The fourth-order valence-corrected chi connectivity index (χ4v) is 3.76. The van der Waals surface area contributed by atoms with Gasteiger partial charge < -0.3 is 10.0 Å². The van der Waals surface area contributed by atoms with Crippen LogP contribution in [0.4, 0.5) is 5.82 Å². The van der Waals surface area contributed by atoms with Gasteiger partial charge in [0.05, 0.1) is 16.7 Å². The number of piperidine rings is 1. The molecule has 1 aliphatic heterocycles. The van der Waals surface area contributed by atoms with Gasteiger partial charge in [-0.2, -0.15) is 5.10 Å². The summed E-state index contributed by atoms with van der Waals surface area (Å²) in [7, 11) is 1.89. The molecule has 1 aliphatic rings. The molecule has 25 heavy (non-hydrogen) atoms. The lowest BCUT2D eigenvalue weighted by Crippen LogP contribution is -2.43. The van der Waals surface area contributed by atoms with Crippen LogP contribution in [0.15, 0.2) is 30.6 Å². The molecule has 1 fully saturated rings. The van der Waals surface area contributed by atoms with E-state index in [1.165, 1.54) is 0 Å². The Kier molecular flexibility index (Phi) is 3.89. The maximum absolute atomic E-state index is 11.1. The summed E-state index contributed by atoms with van der Waals surface area (Å²) in [5, 5.41) is 17.2. The Labute approximate surface area is 151 Å². The summed E-state index contributed by atoms with van der Waals surface area (Å²) in [6.45, 7) is 3.42. The lowest BCUT2D eigenvalue weighted by Gasteiger charge is -2.39. The number of halogens is 1. The van der Waals surface area contributed by atoms with E-state index in [1.54, 1.807) is 11.0 Å². The van der Waals surface area contributed by atoms with Crippen molar-refractivity contribution in [2.24, 2.45) is 7.05 Å². The first-order valence-corrected chi connectivity index (χ1v) is 8.73. The van der Waals surface area contributed by atoms with Crippen LogP contribution in [-0.2, 0) is 12.6 Å². The van der Waals surface area contributed by atoms with Gasteiger partial charge in [0.15, 0.2) is 5.65 Å². The van der Waals surface area contributed by atoms with Gasteiger partial charge in [0.25, 0.3) is 0 Å². The lowest BCUT2D eigenvalue weighted by molar-refractivity contribution is 0.0117. The molecule has 0 unspecified atom stereocenters. The summed E-state index contributed by atoms with van der Waals surface area (Å²) in [4.78, 5) is 11.1. The number of rotatable bonds is 2. The molecule has 130 valence electrons. The van der Waals surface area contributed by atoms with Crippen LogP contribution < -0.4 is 4.90 Å². The third kappa shape index (κ3) is 2.75. The van der Waals surface area contributed by atoms with E-state index < -0.39 is 5.60 Å². The molecular weight excluding hydrogens is 338 g/mol. The summed E-state index contributed by atoms with van der Waals surface area (Å²) >= 11 is 5.96. The number of hydrogen-bond acceptors (Lipinski definition) is 5. The fourth-order valence-electron chi connectivity index (χ4n) is 3.64. The largest absolute Gasteiger partial charge is 0.385 e. The predicted molar refractivity (Wildman–Crippen MR) is 97.8 cm³/mol. The Morgan fingerprint density at radius 1 is 1.12 bits per heavy atom. The monoisotopic (exact) mass is 357 g/mol. The van der Waals surface area contributed by atoms with Gasteiger partial charge in [-0.25, -0.2) is 9.97 Å². The molecule has 0 amide bonds. The number of hydrogen-bond donors (Lipinski definition) is 1. The van der Waals surface area contributed by atoms with Crippen LogP contribution in [0.1, 0.15) is 24.1 Å². The standard InChI is InChI=1S/C18H20ClN5O/c1-12-15-16(23(2)22-12)20-11-21-17(15)24-9-7-18(25,8-10-24)13-3-5-14(19)6-4-13/h3-6,11,25H,7-10H2,1-2H3. The van der Waals surface area contributed by atoms with Gasteiger partial charge >= 0.3 is 0 Å². The molecule has 0 aliphatic carbocycles. The zero-order chi connectivity index (χ0) is 17.6. The summed E-state index contributed by atoms with van der Waals surface area (Å²) < 4.78 is 1.78. The summed E-state index contributed by atoms with van der Waals surface area (Å²) in [5.74, 6) is 0.897. The molecule has 0 bridgehead atoms. The molecule has 1 saturated heterocycles. The van der Waals surface area contributed by atoms with Gasteiger partial charge in [-0.3, -0.25) is 4.68 Å². The molecule has 1 N–H and O–H groups in total. The molecule has 7 heteroatoms. The average Bonchev–Trinajstić information content (AvgIpc) is 2.91. The first-order valence-electron chi connectivity index (χ1n) is 8.36. The van der Waals surface area contributed by atoms with E-state index in [0.29, 0.717) is 17.9 Å². The van der Waals surface area contributed by atoms with Crippen molar-refractivity contribution in [3.8, 4) is 0 Å². The van der Waals surface area contributed by atoms with E-state index in [9.17, 15) is 5.11 Å². The van der Waals surface area contributed by atoms with Gasteiger partial charge in [-0.15, -0.1) is 0 Å². The number of benzene rings is 1. The number of anilines is 1. The highest BCUT2D eigenvalue weighted by Gasteiger charge is 2.35. The SMILES string of the molecule is Cc1nn(C)c2ncnc(N3CCC(O)(c4ccc(Cl)cc4)CC3)c12. The molecule has 4 rings (SSSR count). The van der Waals surface area contributed by atoms with E-state index >= 15 is 0 Å². The number of aliphatic hydroxyl groups is 1. The highest BCUT2D eigenvalue weighted by molar-refractivity contribution is 6.30.